The molecule has 2 N–H and O–H groups in total. The molecule has 1 aromatic carbocycles. The Hall–Kier alpha value is -1.12. The minimum Gasteiger partial charge on any atom is -0.394 e. The number of nitrogens with one attached hydrogen (secondary N) is 1. The third kappa shape index (κ3) is 2.97. The number of anilines is 1. The van der Waals surface area contributed by atoms with Gasteiger partial charge in [-0.25, -0.2) is 4.39 Å². The van der Waals surface area contributed by atoms with Gasteiger partial charge < -0.3 is 10.4 Å². The summed E-state index contributed by atoms with van der Waals surface area (Å²) in [6, 6.07) is 5.07. The predicted molar refractivity (Wildman–Crippen MR) is 79.9 cm³/mol. The molecular weight excluding hydrogens is 323 g/mol. The Balaban J connectivity index is 2.29. The van der Waals surface area contributed by atoms with E-state index in [0.29, 0.717) is 11.6 Å². The van der Waals surface area contributed by atoms with Crippen LogP contribution in [0.5, 0.6) is 0 Å². The highest BCUT2D eigenvalue weighted by atomic mass is 79.9. The third-order valence-corrected chi connectivity index (χ3v) is 4.77. The minimum atomic E-state index is -0.477. The largest absolute Gasteiger partial charge is 0.394 e. The van der Waals surface area contributed by atoms with Crippen LogP contribution in [0.1, 0.15) is 38.2 Å². The van der Waals surface area contributed by atoms with Crippen LogP contribution in [0.2, 0.25) is 0 Å². The molecule has 0 radical (unpaired) electrons. The maximum atomic E-state index is 14.3. The average molecular weight is 341 g/mol. The van der Waals surface area contributed by atoms with E-state index >= 15 is 0 Å². The van der Waals surface area contributed by atoms with Crippen LogP contribution < -0.4 is 5.32 Å². The number of nitriles is 1. The molecule has 1 aromatic rings. The van der Waals surface area contributed by atoms with E-state index in [0.717, 1.165) is 25.7 Å². The molecule has 108 valence electrons. The number of aliphatic hydroxyl groups excluding tert-OH is 1. The summed E-state index contributed by atoms with van der Waals surface area (Å²) in [6.07, 6.45) is 3.81. The van der Waals surface area contributed by atoms with Crippen molar-refractivity contribution in [2.75, 3.05) is 11.9 Å². The number of aliphatic hydroxyl groups is 1. The molecule has 0 spiro atoms. The monoisotopic (exact) mass is 340 g/mol. The molecule has 1 aliphatic carbocycles. The summed E-state index contributed by atoms with van der Waals surface area (Å²) in [5.41, 5.74) is 0.133. The molecule has 0 aliphatic heterocycles. The molecule has 5 heteroatoms. The molecule has 1 aliphatic rings. The summed E-state index contributed by atoms with van der Waals surface area (Å²) in [7, 11) is 0. The quantitative estimate of drug-likeness (QED) is 0.879. The zero-order valence-corrected chi connectivity index (χ0v) is 13.0. The maximum Gasteiger partial charge on any atom is 0.161 e. The third-order valence-electron chi connectivity index (χ3n) is 4.00. The van der Waals surface area contributed by atoms with Gasteiger partial charge in [0.1, 0.15) is 6.07 Å². The van der Waals surface area contributed by atoms with E-state index < -0.39 is 11.4 Å². The Morgan fingerprint density at radius 2 is 2.35 bits per heavy atom. The second-order valence-electron chi connectivity index (χ2n) is 5.67. The van der Waals surface area contributed by atoms with Gasteiger partial charge in [0, 0.05) is 0 Å². The lowest BCUT2D eigenvalue weighted by Crippen LogP contribution is -2.46. The van der Waals surface area contributed by atoms with E-state index in [1.165, 1.54) is 0 Å². The Morgan fingerprint density at radius 3 is 2.95 bits per heavy atom. The molecule has 0 bridgehead atoms. The Labute approximate surface area is 126 Å². The van der Waals surface area contributed by atoms with Crippen LogP contribution in [-0.2, 0) is 0 Å². The van der Waals surface area contributed by atoms with Gasteiger partial charge in [-0.1, -0.05) is 19.8 Å². The van der Waals surface area contributed by atoms with Crippen LogP contribution in [0, 0.1) is 23.1 Å². The van der Waals surface area contributed by atoms with Gasteiger partial charge in [-0.3, -0.25) is 0 Å². The number of benzene rings is 1. The highest BCUT2D eigenvalue weighted by Crippen LogP contribution is 2.36. The van der Waals surface area contributed by atoms with Gasteiger partial charge in [0.15, 0.2) is 5.82 Å². The standard InChI is InChI=1S/C15H18BrFN2O/c1-10-3-2-6-15(7-10,9-20)19-12-5-4-11(8-18)13(16)14(12)17/h4-5,10,19-20H,2-3,6-7,9H2,1H3. The van der Waals surface area contributed by atoms with Crippen LogP contribution >= 0.6 is 15.9 Å². The van der Waals surface area contributed by atoms with Gasteiger partial charge >= 0.3 is 0 Å². The van der Waals surface area contributed by atoms with Crippen molar-refractivity contribution < 1.29 is 9.50 Å². The smallest absolute Gasteiger partial charge is 0.161 e. The van der Waals surface area contributed by atoms with E-state index in [4.69, 9.17) is 5.26 Å². The van der Waals surface area contributed by atoms with Crippen molar-refractivity contribution in [2.24, 2.45) is 5.92 Å². The molecule has 0 amide bonds. The first-order valence-electron chi connectivity index (χ1n) is 6.78. The second-order valence-corrected chi connectivity index (χ2v) is 6.46. The number of nitrogens with zero attached hydrogens (tertiary/aromatic N) is 1. The summed E-state index contributed by atoms with van der Waals surface area (Å²) in [5, 5.41) is 21.8. The Bertz CT molecular complexity index is 543. The molecule has 3 nitrogen and oxygen atoms in total. The summed E-state index contributed by atoms with van der Waals surface area (Å²) >= 11 is 3.11. The SMILES string of the molecule is CC1CCCC(CO)(Nc2ccc(C#N)c(Br)c2F)C1. The zero-order valence-electron chi connectivity index (χ0n) is 11.4. The fourth-order valence-electron chi connectivity index (χ4n) is 2.97. The van der Waals surface area contributed by atoms with Crippen molar-refractivity contribution in [3.63, 3.8) is 0 Å². The van der Waals surface area contributed by atoms with Crippen LogP contribution in [0.3, 0.4) is 0 Å². The van der Waals surface area contributed by atoms with E-state index in [2.05, 4.69) is 28.2 Å². The topological polar surface area (TPSA) is 56.0 Å². The number of halogens is 2. The van der Waals surface area contributed by atoms with Crippen molar-refractivity contribution in [3.8, 4) is 6.07 Å². The van der Waals surface area contributed by atoms with E-state index in [9.17, 15) is 9.50 Å². The van der Waals surface area contributed by atoms with Crippen molar-refractivity contribution >= 4 is 21.6 Å². The first kappa shape index (κ1) is 15.3. The van der Waals surface area contributed by atoms with Crippen LogP contribution in [0.15, 0.2) is 16.6 Å². The minimum absolute atomic E-state index is 0.0194. The Morgan fingerprint density at radius 1 is 1.60 bits per heavy atom. The fraction of sp³-hybridized carbons (Fsp3) is 0.533. The summed E-state index contributed by atoms with van der Waals surface area (Å²) < 4.78 is 14.4. The van der Waals surface area contributed by atoms with Gasteiger partial charge in [0.2, 0.25) is 0 Å². The second kappa shape index (κ2) is 6.11. The Kier molecular flexibility index (Phi) is 4.66. The maximum absolute atomic E-state index is 14.3. The molecular formula is C15H18BrFN2O. The molecule has 1 fully saturated rings. The fourth-order valence-corrected chi connectivity index (χ4v) is 3.41. The van der Waals surface area contributed by atoms with Gasteiger partial charge in [-0.05, 0) is 46.8 Å². The lowest BCUT2D eigenvalue weighted by Gasteiger charge is -2.40. The van der Waals surface area contributed by atoms with Crippen LogP contribution in [0.4, 0.5) is 10.1 Å². The summed E-state index contributed by atoms with van der Waals surface area (Å²) in [4.78, 5) is 0. The lowest BCUT2D eigenvalue weighted by atomic mass is 9.76. The summed E-state index contributed by atoms with van der Waals surface area (Å²) in [6.45, 7) is 2.13. The van der Waals surface area contributed by atoms with Crippen molar-refractivity contribution in [1.29, 1.82) is 5.26 Å². The molecule has 2 rings (SSSR count). The molecule has 0 saturated heterocycles. The first-order valence-corrected chi connectivity index (χ1v) is 7.58. The number of hydrogen-bond acceptors (Lipinski definition) is 3. The van der Waals surface area contributed by atoms with Crippen molar-refractivity contribution in [3.05, 3.63) is 28.0 Å². The highest BCUT2D eigenvalue weighted by Gasteiger charge is 2.35. The summed E-state index contributed by atoms with van der Waals surface area (Å²) in [5.74, 6) is 0.0309. The molecule has 0 heterocycles. The highest BCUT2D eigenvalue weighted by molar-refractivity contribution is 9.10. The van der Waals surface area contributed by atoms with E-state index in [1.807, 2.05) is 6.07 Å². The lowest BCUT2D eigenvalue weighted by molar-refractivity contribution is 0.149. The van der Waals surface area contributed by atoms with Crippen LogP contribution in [-0.4, -0.2) is 17.3 Å². The molecule has 2 unspecified atom stereocenters. The number of hydrogen-bond donors (Lipinski definition) is 2. The van der Waals surface area contributed by atoms with Gasteiger partial charge in [-0.2, -0.15) is 5.26 Å². The van der Waals surface area contributed by atoms with Crippen LogP contribution in [0.25, 0.3) is 0 Å². The van der Waals surface area contributed by atoms with Crippen molar-refractivity contribution in [1.82, 2.24) is 0 Å². The molecule has 0 aromatic heterocycles. The predicted octanol–water partition coefficient (Wildman–Crippen LogP) is 3.81. The van der Waals surface area contributed by atoms with Gasteiger partial charge in [0.05, 0.1) is 27.9 Å². The average Bonchev–Trinajstić information content (AvgIpc) is 2.44. The van der Waals surface area contributed by atoms with Gasteiger partial charge in [0.25, 0.3) is 0 Å². The van der Waals surface area contributed by atoms with E-state index in [-0.39, 0.29) is 16.6 Å². The first-order chi connectivity index (χ1) is 9.51. The number of rotatable bonds is 3. The molecule has 20 heavy (non-hydrogen) atoms. The van der Waals surface area contributed by atoms with Gasteiger partial charge in [-0.15, -0.1) is 0 Å². The molecule has 2 atom stereocenters. The van der Waals surface area contributed by atoms with E-state index in [1.54, 1.807) is 12.1 Å². The zero-order chi connectivity index (χ0) is 14.8. The molecule has 1 saturated carbocycles. The van der Waals surface area contributed by atoms with Crippen molar-refractivity contribution in [2.45, 2.75) is 38.1 Å². The normalized spacial score (nSPS) is 26.1.